The van der Waals surface area contributed by atoms with Gasteiger partial charge in [0.05, 0.1) is 23.0 Å². The molecule has 0 aliphatic heterocycles. The molecule has 0 fully saturated rings. The third-order valence-corrected chi connectivity index (χ3v) is 6.47. The Bertz CT molecular complexity index is 1560. The molecule has 0 saturated heterocycles. The Balaban J connectivity index is 1.51. The average Bonchev–Trinajstić information content (AvgIpc) is 3.57. The Labute approximate surface area is 217 Å². The van der Waals surface area contributed by atoms with Crippen LogP contribution >= 0.6 is 23.2 Å². The van der Waals surface area contributed by atoms with Gasteiger partial charge in [0, 0.05) is 40.3 Å². The summed E-state index contributed by atoms with van der Waals surface area (Å²) in [5.74, 6) is 0.159. The van der Waals surface area contributed by atoms with Crippen molar-refractivity contribution in [1.29, 1.82) is 0 Å². The maximum atomic E-state index is 12.4. The number of nitrogens with zero attached hydrogens (tertiary/aromatic N) is 4. The Morgan fingerprint density at radius 2 is 1.89 bits per heavy atom. The summed E-state index contributed by atoms with van der Waals surface area (Å²) < 4.78 is 14.9. The standard InChI is InChI=1S/C27H22Cl2N4O3/c1-3-35-27(34)22-8-5-13-32(22)21-11-10-20(28)19(25(21)29)16-36-24-9-4-7-18-23(33-14-6-12-30-33)15-17(2)31-26(18)24/h4-15H,3,16H2,1-2H3. The summed E-state index contributed by atoms with van der Waals surface area (Å²) in [4.78, 5) is 17.1. The lowest BCUT2D eigenvalue weighted by molar-refractivity contribution is 0.0517. The zero-order valence-corrected chi connectivity index (χ0v) is 21.1. The van der Waals surface area contributed by atoms with Gasteiger partial charge in [-0.15, -0.1) is 0 Å². The fraction of sp³-hybridized carbons (Fsp3) is 0.148. The highest BCUT2D eigenvalue weighted by Crippen LogP contribution is 2.34. The monoisotopic (exact) mass is 520 g/mol. The SMILES string of the molecule is CCOC(=O)c1cccn1-c1ccc(Cl)c(COc2cccc3c(-n4cccn4)cc(C)nc23)c1Cl. The predicted molar refractivity (Wildman–Crippen MR) is 140 cm³/mol. The fourth-order valence-corrected chi connectivity index (χ4v) is 4.63. The highest BCUT2D eigenvalue weighted by molar-refractivity contribution is 6.37. The van der Waals surface area contributed by atoms with Crippen LogP contribution in [0.5, 0.6) is 5.75 Å². The van der Waals surface area contributed by atoms with Crippen LogP contribution in [-0.2, 0) is 11.3 Å². The van der Waals surface area contributed by atoms with E-state index in [0.29, 0.717) is 38.3 Å². The molecular formula is C27H22Cl2N4O3. The predicted octanol–water partition coefficient (Wildman–Crippen LogP) is 6.58. The molecule has 0 saturated carbocycles. The fourth-order valence-electron chi connectivity index (χ4n) is 4.06. The second-order valence-electron chi connectivity index (χ2n) is 8.02. The van der Waals surface area contributed by atoms with Crippen molar-refractivity contribution in [1.82, 2.24) is 19.3 Å². The Hall–Kier alpha value is -3.81. The van der Waals surface area contributed by atoms with Crippen molar-refractivity contribution in [2.45, 2.75) is 20.5 Å². The number of carbonyl (C=O) groups excluding carboxylic acids is 1. The van der Waals surface area contributed by atoms with Gasteiger partial charge in [0.2, 0.25) is 0 Å². The molecular weight excluding hydrogens is 499 g/mol. The molecule has 182 valence electrons. The van der Waals surface area contributed by atoms with Gasteiger partial charge in [0.25, 0.3) is 0 Å². The molecule has 0 bridgehead atoms. The van der Waals surface area contributed by atoms with Crippen LogP contribution in [0.2, 0.25) is 10.0 Å². The van der Waals surface area contributed by atoms with Crippen molar-refractivity contribution in [2.24, 2.45) is 0 Å². The number of benzene rings is 2. The summed E-state index contributed by atoms with van der Waals surface area (Å²) in [6.45, 7) is 4.07. The van der Waals surface area contributed by atoms with E-state index in [9.17, 15) is 4.79 Å². The van der Waals surface area contributed by atoms with E-state index in [1.54, 1.807) is 52.8 Å². The van der Waals surface area contributed by atoms with E-state index in [0.717, 1.165) is 16.8 Å². The smallest absolute Gasteiger partial charge is 0.355 e. The molecule has 0 unspecified atom stereocenters. The van der Waals surface area contributed by atoms with Gasteiger partial charge >= 0.3 is 5.97 Å². The Morgan fingerprint density at radius 1 is 1.03 bits per heavy atom. The minimum absolute atomic E-state index is 0.105. The van der Waals surface area contributed by atoms with Crippen LogP contribution in [-0.4, -0.2) is 31.9 Å². The van der Waals surface area contributed by atoms with Crippen LogP contribution in [0.1, 0.15) is 28.7 Å². The highest BCUT2D eigenvalue weighted by Gasteiger charge is 2.19. The van der Waals surface area contributed by atoms with Gasteiger partial charge in [-0.3, -0.25) is 0 Å². The summed E-state index contributed by atoms with van der Waals surface area (Å²) in [5.41, 5.74) is 4.01. The van der Waals surface area contributed by atoms with Crippen LogP contribution in [0.15, 0.2) is 73.2 Å². The molecule has 5 aromatic rings. The molecule has 0 aliphatic carbocycles. The zero-order valence-electron chi connectivity index (χ0n) is 19.6. The maximum Gasteiger partial charge on any atom is 0.355 e. The second-order valence-corrected chi connectivity index (χ2v) is 8.80. The molecule has 7 nitrogen and oxygen atoms in total. The first-order valence-electron chi connectivity index (χ1n) is 11.3. The number of aryl methyl sites for hydroxylation is 1. The lowest BCUT2D eigenvalue weighted by Crippen LogP contribution is -2.11. The third-order valence-electron chi connectivity index (χ3n) is 5.69. The number of carbonyl (C=O) groups is 1. The van der Waals surface area contributed by atoms with Crippen molar-refractivity contribution in [3.05, 3.63) is 100 Å². The molecule has 2 aromatic carbocycles. The van der Waals surface area contributed by atoms with Gasteiger partial charge < -0.3 is 14.0 Å². The molecule has 5 rings (SSSR count). The lowest BCUT2D eigenvalue weighted by Gasteiger charge is -2.16. The number of esters is 1. The minimum atomic E-state index is -0.434. The van der Waals surface area contributed by atoms with E-state index in [4.69, 9.17) is 37.7 Å². The molecule has 9 heteroatoms. The van der Waals surface area contributed by atoms with Crippen LogP contribution < -0.4 is 4.74 Å². The van der Waals surface area contributed by atoms with E-state index in [-0.39, 0.29) is 13.2 Å². The number of hydrogen-bond donors (Lipinski definition) is 0. The summed E-state index contributed by atoms with van der Waals surface area (Å²) in [7, 11) is 0. The van der Waals surface area contributed by atoms with Crippen molar-refractivity contribution < 1.29 is 14.3 Å². The molecule has 0 radical (unpaired) electrons. The maximum absolute atomic E-state index is 12.4. The van der Waals surface area contributed by atoms with Crippen molar-refractivity contribution in [2.75, 3.05) is 6.61 Å². The highest BCUT2D eigenvalue weighted by atomic mass is 35.5. The van der Waals surface area contributed by atoms with Crippen LogP contribution in [0.4, 0.5) is 0 Å². The molecule has 0 amide bonds. The third kappa shape index (κ3) is 4.43. The van der Waals surface area contributed by atoms with Crippen LogP contribution in [0, 0.1) is 6.92 Å². The van der Waals surface area contributed by atoms with E-state index < -0.39 is 5.97 Å². The molecule has 0 atom stereocenters. The van der Waals surface area contributed by atoms with E-state index >= 15 is 0 Å². The quantitative estimate of drug-likeness (QED) is 0.226. The van der Waals surface area contributed by atoms with Gasteiger partial charge in [-0.2, -0.15) is 5.10 Å². The van der Waals surface area contributed by atoms with E-state index in [1.165, 1.54) is 0 Å². The Kier molecular flexibility index (Phi) is 6.67. The van der Waals surface area contributed by atoms with Crippen LogP contribution in [0.3, 0.4) is 0 Å². The number of halogens is 2. The summed E-state index contributed by atoms with van der Waals surface area (Å²) in [6, 6.07) is 16.5. The zero-order chi connectivity index (χ0) is 25.2. The Morgan fingerprint density at radius 3 is 2.67 bits per heavy atom. The number of aromatic nitrogens is 4. The van der Waals surface area contributed by atoms with E-state index in [2.05, 4.69) is 5.10 Å². The van der Waals surface area contributed by atoms with Gasteiger partial charge in [0.1, 0.15) is 23.6 Å². The summed E-state index contributed by atoms with van der Waals surface area (Å²) in [6.07, 6.45) is 5.37. The van der Waals surface area contributed by atoms with Gasteiger partial charge in [0.15, 0.2) is 0 Å². The lowest BCUT2D eigenvalue weighted by atomic mass is 10.1. The van der Waals surface area contributed by atoms with Crippen LogP contribution in [0.25, 0.3) is 22.3 Å². The van der Waals surface area contributed by atoms with Gasteiger partial charge in [-0.1, -0.05) is 35.3 Å². The topological polar surface area (TPSA) is 71.2 Å². The van der Waals surface area contributed by atoms with Gasteiger partial charge in [-0.25, -0.2) is 14.5 Å². The molecule has 3 heterocycles. The van der Waals surface area contributed by atoms with Crippen molar-refractivity contribution >= 4 is 40.1 Å². The summed E-state index contributed by atoms with van der Waals surface area (Å²) >= 11 is 13.3. The molecule has 0 N–H and O–H groups in total. The van der Waals surface area contributed by atoms with Crippen molar-refractivity contribution in [3.63, 3.8) is 0 Å². The first-order chi connectivity index (χ1) is 17.5. The number of ether oxygens (including phenoxy) is 2. The number of rotatable bonds is 7. The molecule has 3 aromatic heterocycles. The number of pyridine rings is 1. The van der Waals surface area contributed by atoms with E-state index in [1.807, 2.05) is 43.5 Å². The van der Waals surface area contributed by atoms with Crippen molar-refractivity contribution in [3.8, 4) is 17.1 Å². The number of fused-ring (bicyclic) bond motifs is 1. The molecule has 36 heavy (non-hydrogen) atoms. The molecule has 0 spiro atoms. The minimum Gasteiger partial charge on any atom is -0.487 e. The van der Waals surface area contributed by atoms with Gasteiger partial charge in [-0.05, 0) is 56.3 Å². The largest absolute Gasteiger partial charge is 0.487 e. The number of para-hydroxylation sites is 1. The average molecular weight is 521 g/mol. The normalized spacial score (nSPS) is 11.1. The second kappa shape index (κ2) is 10.0. The first-order valence-corrected chi connectivity index (χ1v) is 12.1. The first kappa shape index (κ1) is 23.9. The number of hydrogen-bond acceptors (Lipinski definition) is 5. The summed E-state index contributed by atoms with van der Waals surface area (Å²) in [5, 5.41) is 6.10. The molecule has 0 aliphatic rings.